The van der Waals surface area contributed by atoms with Crippen molar-refractivity contribution in [3.8, 4) is 0 Å². The number of anilines is 1. The zero-order chi connectivity index (χ0) is 12.8. The highest BCUT2D eigenvalue weighted by Gasteiger charge is 2.17. The zero-order valence-electron chi connectivity index (χ0n) is 10.3. The van der Waals surface area contributed by atoms with Crippen LogP contribution in [0.5, 0.6) is 0 Å². The van der Waals surface area contributed by atoms with Crippen molar-refractivity contribution in [1.29, 1.82) is 0 Å². The molecule has 0 atom stereocenters. The molecule has 0 bridgehead atoms. The Morgan fingerprint density at radius 2 is 2.29 bits per heavy atom. The first-order valence-electron chi connectivity index (χ1n) is 5.58. The lowest BCUT2D eigenvalue weighted by Crippen LogP contribution is -2.36. The average Bonchev–Trinajstić information content (AvgIpc) is 2.27. The molecule has 0 N–H and O–H groups in total. The number of rotatable bonds is 5. The summed E-state index contributed by atoms with van der Waals surface area (Å²) in [4.78, 5) is 17.3. The molecule has 94 valence electrons. The van der Waals surface area contributed by atoms with Gasteiger partial charge in [0.25, 0.3) is 0 Å². The van der Waals surface area contributed by atoms with Crippen molar-refractivity contribution in [2.75, 3.05) is 18.1 Å². The van der Waals surface area contributed by atoms with Gasteiger partial charge >= 0.3 is 5.97 Å². The van der Waals surface area contributed by atoms with E-state index >= 15 is 0 Å². The molecule has 1 heterocycles. The third-order valence-electron chi connectivity index (χ3n) is 2.29. The number of halogens is 1. The number of carbonyl (C=O) groups excluding carboxylic acids is 1. The summed E-state index contributed by atoms with van der Waals surface area (Å²) >= 11 is 6.07. The standard InChI is InChI=1S/C12H17ClN2O2/c1-4-17-12(16)8-15(9(2)3)11-5-6-14-7-10(11)13/h5-7,9H,4,8H2,1-3H3. The predicted octanol–water partition coefficient (Wildman–Crippen LogP) is 2.51. The number of carbonyl (C=O) groups is 1. The first kappa shape index (κ1) is 13.8. The van der Waals surface area contributed by atoms with Crippen molar-refractivity contribution in [2.24, 2.45) is 0 Å². The van der Waals surface area contributed by atoms with Crippen molar-refractivity contribution in [3.05, 3.63) is 23.5 Å². The molecular weight excluding hydrogens is 240 g/mol. The molecule has 0 aliphatic heterocycles. The van der Waals surface area contributed by atoms with Gasteiger partial charge in [0, 0.05) is 18.4 Å². The Balaban J connectivity index is 2.87. The summed E-state index contributed by atoms with van der Waals surface area (Å²) in [6.07, 6.45) is 3.22. The van der Waals surface area contributed by atoms with Gasteiger partial charge in [0.2, 0.25) is 0 Å². The van der Waals surface area contributed by atoms with E-state index in [4.69, 9.17) is 16.3 Å². The minimum atomic E-state index is -0.255. The summed E-state index contributed by atoms with van der Waals surface area (Å²) in [6, 6.07) is 1.95. The fraction of sp³-hybridized carbons (Fsp3) is 0.500. The number of hydrogen-bond acceptors (Lipinski definition) is 4. The van der Waals surface area contributed by atoms with Gasteiger partial charge in [-0.1, -0.05) is 11.6 Å². The quantitative estimate of drug-likeness (QED) is 0.760. The highest BCUT2D eigenvalue weighted by molar-refractivity contribution is 6.33. The van der Waals surface area contributed by atoms with Gasteiger partial charge in [-0.3, -0.25) is 9.78 Å². The highest BCUT2D eigenvalue weighted by Crippen LogP contribution is 2.25. The summed E-state index contributed by atoms with van der Waals surface area (Å²) in [5.74, 6) is -0.255. The summed E-state index contributed by atoms with van der Waals surface area (Å²) in [5, 5.41) is 0.533. The minimum Gasteiger partial charge on any atom is -0.465 e. The lowest BCUT2D eigenvalue weighted by atomic mass is 10.2. The Hall–Kier alpha value is -1.29. The van der Waals surface area contributed by atoms with Crippen molar-refractivity contribution in [2.45, 2.75) is 26.8 Å². The normalized spacial score (nSPS) is 10.4. The van der Waals surface area contributed by atoms with Crippen LogP contribution < -0.4 is 4.90 Å². The van der Waals surface area contributed by atoms with E-state index in [-0.39, 0.29) is 18.6 Å². The summed E-state index contributed by atoms with van der Waals surface area (Å²) < 4.78 is 4.94. The Kier molecular flexibility index (Phi) is 5.22. The molecule has 0 aliphatic carbocycles. The van der Waals surface area contributed by atoms with Crippen LogP contribution in [-0.4, -0.2) is 30.1 Å². The molecular formula is C12H17ClN2O2. The molecule has 0 unspecified atom stereocenters. The van der Waals surface area contributed by atoms with Gasteiger partial charge in [0.1, 0.15) is 6.54 Å². The SMILES string of the molecule is CCOC(=O)CN(c1ccncc1Cl)C(C)C. The van der Waals surface area contributed by atoms with E-state index in [1.54, 1.807) is 25.4 Å². The molecule has 0 aliphatic rings. The first-order valence-corrected chi connectivity index (χ1v) is 5.95. The van der Waals surface area contributed by atoms with Gasteiger partial charge in [-0.25, -0.2) is 0 Å². The molecule has 0 fully saturated rings. The van der Waals surface area contributed by atoms with E-state index in [9.17, 15) is 4.79 Å². The van der Waals surface area contributed by atoms with Gasteiger partial charge in [-0.2, -0.15) is 0 Å². The third kappa shape index (κ3) is 3.89. The summed E-state index contributed by atoms with van der Waals surface area (Å²) in [6.45, 7) is 6.35. The van der Waals surface area contributed by atoms with Gasteiger partial charge in [0.15, 0.2) is 0 Å². The highest BCUT2D eigenvalue weighted by atomic mass is 35.5. The van der Waals surface area contributed by atoms with Gasteiger partial charge in [0.05, 0.1) is 17.3 Å². The van der Waals surface area contributed by atoms with Crippen LogP contribution in [0.4, 0.5) is 5.69 Å². The van der Waals surface area contributed by atoms with E-state index in [1.807, 2.05) is 18.7 Å². The summed E-state index contributed by atoms with van der Waals surface area (Å²) in [5.41, 5.74) is 0.796. The van der Waals surface area contributed by atoms with Crippen LogP contribution in [0.25, 0.3) is 0 Å². The van der Waals surface area contributed by atoms with Crippen LogP contribution in [0, 0.1) is 0 Å². The van der Waals surface area contributed by atoms with Crippen molar-refractivity contribution < 1.29 is 9.53 Å². The number of pyridine rings is 1. The van der Waals surface area contributed by atoms with E-state index < -0.39 is 0 Å². The van der Waals surface area contributed by atoms with Crippen molar-refractivity contribution in [1.82, 2.24) is 4.98 Å². The molecule has 5 heteroatoms. The second-order valence-electron chi connectivity index (χ2n) is 3.85. The maximum absolute atomic E-state index is 11.5. The number of hydrogen-bond donors (Lipinski definition) is 0. The lowest BCUT2D eigenvalue weighted by Gasteiger charge is -2.28. The smallest absolute Gasteiger partial charge is 0.325 e. The second kappa shape index (κ2) is 6.45. The largest absolute Gasteiger partial charge is 0.465 e. The van der Waals surface area contributed by atoms with Crippen LogP contribution in [0.3, 0.4) is 0 Å². The van der Waals surface area contributed by atoms with Crippen LogP contribution >= 0.6 is 11.6 Å². The van der Waals surface area contributed by atoms with Crippen LogP contribution in [0.1, 0.15) is 20.8 Å². The Morgan fingerprint density at radius 1 is 1.59 bits per heavy atom. The van der Waals surface area contributed by atoms with Gasteiger partial charge < -0.3 is 9.64 Å². The van der Waals surface area contributed by atoms with Gasteiger partial charge in [-0.05, 0) is 26.8 Å². The molecule has 1 rings (SSSR count). The maximum Gasteiger partial charge on any atom is 0.325 e. The van der Waals surface area contributed by atoms with Crippen LogP contribution in [-0.2, 0) is 9.53 Å². The van der Waals surface area contributed by atoms with E-state index in [0.29, 0.717) is 11.6 Å². The average molecular weight is 257 g/mol. The topological polar surface area (TPSA) is 42.4 Å². The monoisotopic (exact) mass is 256 g/mol. The van der Waals surface area contributed by atoms with E-state index in [1.165, 1.54) is 0 Å². The van der Waals surface area contributed by atoms with Crippen LogP contribution in [0.15, 0.2) is 18.5 Å². The van der Waals surface area contributed by atoms with Gasteiger partial charge in [-0.15, -0.1) is 0 Å². The van der Waals surface area contributed by atoms with Crippen molar-refractivity contribution in [3.63, 3.8) is 0 Å². The molecule has 4 nitrogen and oxygen atoms in total. The molecule has 1 aromatic rings. The Morgan fingerprint density at radius 3 is 2.82 bits per heavy atom. The molecule has 0 amide bonds. The number of nitrogens with zero attached hydrogens (tertiary/aromatic N) is 2. The second-order valence-corrected chi connectivity index (χ2v) is 4.26. The third-order valence-corrected chi connectivity index (χ3v) is 2.58. The zero-order valence-corrected chi connectivity index (χ0v) is 11.1. The molecule has 1 aromatic heterocycles. The van der Waals surface area contributed by atoms with E-state index in [2.05, 4.69) is 4.98 Å². The predicted molar refractivity (Wildman–Crippen MR) is 68.4 cm³/mol. The molecule has 0 spiro atoms. The van der Waals surface area contributed by atoms with Crippen LogP contribution in [0.2, 0.25) is 5.02 Å². The Bertz CT molecular complexity index is 383. The Labute approximate surface area is 107 Å². The number of esters is 1. The number of aromatic nitrogens is 1. The molecule has 0 aromatic carbocycles. The summed E-state index contributed by atoms with van der Waals surface area (Å²) in [7, 11) is 0. The molecule has 17 heavy (non-hydrogen) atoms. The molecule has 0 radical (unpaired) electrons. The lowest BCUT2D eigenvalue weighted by molar-refractivity contribution is -0.141. The fourth-order valence-electron chi connectivity index (χ4n) is 1.49. The number of ether oxygens (including phenoxy) is 1. The fourth-order valence-corrected chi connectivity index (χ4v) is 1.72. The minimum absolute atomic E-state index is 0.152. The molecule has 0 saturated carbocycles. The van der Waals surface area contributed by atoms with E-state index in [0.717, 1.165) is 5.69 Å². The first-order chi connectivity index (χ1) is 8.06. The van der Waals surface area contributed by atoms with Crippen molar-refractivity contribution >= 4 is 23.3 Å². The molecule has 0 saturated heterocycles. The maximum atomic E-state index is 11.5.